The molecule has 106 valence electrons. The number of rotatable bonds is 1. The molecule has 0 saturated carbocycles. The van der Waals surface area contributed by atoms with Crippen molar-refractivity contribution in [3.05, 3.63) is 35.4 Å². The van der Waals surface area contributed by atoms with Gasteiger partial charge in [0, 0.05) is 19.5 Å². The van der Waals surface area contributed by atoms with E-state index < -0.39 is 6.10 Å². The number of cyclic esters (lactones) is 1. The Labute approximate surface area is 118 Å². The van der Waals surface area contributed by atoms with Gasteiger partial charge in [0.05, 0.1) is 5.56 Å². The van der Waals surface area contributed by atoms with Gasteiger partial charge in [-0.05, 0) is 24.5 Å². The van der Waals surface area contributed by atoms with Gasteiger partial charge < -0.3 is 9.64 Å². The van der Waals surface area contributed by atoms with E-state index in [1.54, 1.807) is 6.07 Å². The number of benzene rings is 1. The molecule has 1 aromatic carbocycles. The summed E-state index contributed by atoms with van der Waals surface area (Å²) in [5.41, 5.74) is 1.50. The molecule has 1 fully saturated rings. The number of ether oxygens (including phenoxy) is 1. The molecule has 4 nitrogen and oxygen atoms in total. The smallest absolute Gasteiger partial charge is 0.339 e. The molecule has 3 rings (SSSR count). The monoisotopic (exact) mass is 273 g/mol. The summed E-state index contributed by atoms with van der Waals surface area (Å²) in [5, 5.41) is 0. The van der Waals surface area contributed by atoms with Crippen molar-refractivity contribution in [2.75, 3.05) is 13.1 Å². The van der Waals surface area contributed by atoms with E-state index in [1.807, 2.05) is 23.1 Å². The van der Waals surface area contributed by atoms with Crippen molar-refractivity contribution >= 4 is 11.9 Å². The lowest BCUT2D eigenvalue weighted by atomic mass is 9.98. The van der Waals surface area contributed by atoms with Crippen molar-refractivity contribution in [3.63, 3.8) is 0 Å². The third kappa shape index (κ3) is 2.55. The molecule has 20 heavy (non-hydrogen) atoms. The highest BCUT2D eigenvalue weighted by Crippen LogP contribution is 2.22. The summed E-state index contributed by atoms with van der Waals surface area (Å²) in [6, 6.07) is 7.37. The Morgan fingerprint density at radius 3 is 2.55 bits per heavy atom. The summed E-state index contributed by atoms with van der Waals surface area (Å²) in [6.07, 6.45) is 4.30. The molecule has 2 heterocycles. The Morgan fingerprint density at radius 2 is 1.80 bits per heavy atom. The molecule has 1 amide bonds. The van der Waals surface area contributed by atoms with Gasteiger partial charge in [-0.25, -0.2) is 4.79 Å². The number of nitrogens with zero attached hydrogens (tertiary/aromatic N) is 1. The number of hydrogen-bond acceptors (Lipinski definition) is 3. The van der Waals surface area contributed by atoms with Crippen LogP contribution in [0, 0.1) is 0 Å². The molecule has 2 aliphatic heterocycles. The number of amides is 1. The first-order valence-corrected chi connectivity index (χ1v) is 7.33. The fraction of sp³-hybridized carbons (Fsp3) is 0.500. The molecule has 0 spiro atoms. The number of likely N-dealkylation sites (tertiary alicyclic amines) is 1. The molecule has 1 saturated heterocycles. The Bertz CT molecular complexity index is 518. The van der Waals surface area contributed by atoms with Gasteiger partial charge in [0.25, 0.3) is 5.91 Å². The van der Waals surface area contributed by atoms with Crippen LogP contribution in [-0.4, -0.2) is 36.0 Å². The maximum absolute atomic E-state index is 12.5. The molecule has 1 unspecified atom stereocenters. The third-order valence-corrected chi connectivity index (χ3v) is 4.09. The second-order valence-corrected chi connectivity index (χ2v) is 5.49. The first-order valence-electron chi connectivity index (χ1n) is 7.33. The van der Waals surface area contributed by atoms with Crippen LogP contribution in [0.25, 0.3) is 0 Å². The van der Waals surface area contributed by atoms with E-state index in [4.69, 9.17) is 4.74 Å². The van der Waals surface area contributed by atoms with Crippen LogP contribution in [0.5, 0.6) is 0 Å². The molecule has 0 aliphatic carbocycles. The van der Waals surface area contributed by atoms with Gasteiger partial charge in [-0.1, -0.05) is 31.0 Å². The molecule has 4 heteroatoms. The van der Waals surface area contributed by atoms with Crippen LogP contribution in [0.4, 0.5) is 0 Å². The molecule has 0 aromatic heterocycles. The average Bonchev–Trinajstić information content (AvgIpc) is 2.75. The van der Waals surface area contributed by atoms with Gasteiger partial charge in [-0.3, -0.25) is 4.79 Å². The lowest BCUT2D eigenvalue weighted by Gasteiger charge is -2.29. The minimum Gasteiger partial charge on any atom is -0.448 e. The summed E-state index contributed by atoms with van der Waals surface area (Å²) in [7, 11) is 0. The number of fused-ring (bicyclic) bond motifs is 1. The van der Waals surface area contributed by atoms with Gasteiger partial charge in [-0.15, -0.1) is 0 Å². The second-order valence-electron chi connectivity index (χ2n) is 5.49. The van der Waals surface area contributed by atoms with Crippen LogP contribution in [0.1, 0.15) is 41.6 Å². The molecule has 1 aromatic rings. The van der Waals surface area contributed by atoms with Crippen molar-refractivity contribution in [1.82, 2.24) is 4.90 Å². The van der Waals surface area contributed by atoms with E-state index in [-0.39, 0.29) is 11.9 Å². The summed E-state index contributed by atoms with van der Waals surface area (Å²) in [4.78, 5) is 26.3. The minimum absolute atomic E-state index is 0.0326. The Morgan fingerprint density at radius 1 is 1.10 bits per heavy atom. The molecule has 0 radical (unpaired) electrons. The van der Waals surface area contributed by atoms with Gasteiger partial charge >= 0.3 is 5.97 Å². The quantitative estimate of drug-likeness (QED) is 0.737. The molecule has 1 atom stereocenters. The Hall–Kier alpha value is -1.84. The first-order chi connectivity index (χ1) is 9.75. The second kappa shape index (κ2) is 5.65. The van der Waals surface area contributed by atoms with E-state index in [0.29, 0.717) is 12.0 Å². The van der Waals surface area contributed by atoms with Crippen LogP contribution >= 0.6 is 0 Å². The SMILES string of the molecule is O=C1OC(C(=O)N2CCCCCC2)Cc2ccccc21. The van der Waals surface area contributed by atoms with E-state index >= 15 is 0 Å². The molecular formula is C16H19NO3. The zero-order valence-corrected chi connectivity index (χ0v) is 11.5. The predicted octanol–water partition coefficient (Wildman–Crippen LogP) is 2.17. The zero-order chi connectivity index (χ0) is 13.9. The highest BCUT2D eigenvalue weighted by molar-refractivity contribution is 5.95. The van der Waals surface area contributed by atoms with Crippen LogP contribution in [-0.2, 0) is 16.0 Å². The topological polar surface area (TPSA) is 46.6 Å². The van der Waals surface area contributed by atoms with Gasteiger partial charge in [0.2, 0.25) is 0 Å². The number of carbonyl (C=O) groups is 2. The summed E-state index contributed by atoms with van der Waals surface area (Å²) >= 11 is 0. The van der Waals surface area contributed by atoms with Crippen LogP contribution < -0.4 is 0 Å². The standard InChI is InChI=1S/C16H19NO3/c18-15(17-9-5-1-2-6-10-17)14-11-12-7-3-4-8-13(12)16(19)20-14/h3-4,7-8,14H,1-2,5-6,9-11H2. The zero-order valence-electron chi connectivity index (χ0n) is 11.5. The number of hydrogen-bond donors (Lipinski definition) is 0. The fourth-order valence-electron chi connectivity index (χ4n) is 2.96. The first kappa shape index (κ1) is 13.2. The summed E-state index contributed by atoms with van der Waals surface area (Å²) < 4.78 is 5.34. The Kier molecular flexibility index (Phi) is 3.72. The largest absolute Gasteiger partial charge is 0.448 e. The van der Waals surface area contributed by atoms with Crippen molar-refractivity contribution in [2.24, 2.45) is 0 Å². The molecular weight excluding hydrogens is 254 g/mol. The summed E-state index contributed by atoms with van der Waals surface area (Å²) in [6.45, 7) is 1.57. The highest BCUT2D eigenvalue weighted by Gasteiger charge is 2.33. The van der Waals surface area contributed by atoms with Crippen molar-refractivity contribution in [1.29, 1.82) is 0 Å². The van der Waals surface area contributed by atoms with Crippen molar-refractivity contribution in [3.8, 4) is 0 Å². The third-order valence-electron chi connectivity index (χ3n) is 4.09. The maximum Gasteiger partial charge on any atom is 0.339 e. The van der Waals surface area contributed by atoms with Crippen LogP contribution in [0.3, 0.4) is 0 Å². The minimum atomic E-state index is -0.643. The van der Waals surface area contributed by atoms with Gasteiger partial charge in [-0.2, -0.15) is 0 Å². The van der Waals surface area contributed by atoms with Crippen molar-refractivity contribution in [2.45, 2.75) is 38.2 Å². The lowest BCUT2D eigenvalue weighted by molar-refractivity contribution is -0.141. The number of esters is 1. The number of carbonyl (C=O) groups excluding carboxylic acids is 2. The maximum atomic E-state index is 12.5. The highest BCUT2D eigenvalue weighted by atomic mass is 16.5. The average molecular weight is 273 g/mol. The fourth-order valence-corrected chi connectivity index (χ4v) is 2.96. The van der Waals surface area contributed by atoms with Crippen LogP contribution in [0.15, 0.2) is 24.3 Å². The Balaban J connectivity index is 1.75. The normalized spacial score (nSPS) is 22.7. The van der Waals surface area contributed by atoms with E-state index in [2.05, 4.69) is 0 Å². The summed E-state index contributed by atoms with van der Waals surface area (Å²) in [5.74, 6) is -0.408. The molecule has 0 N–H and O–H groups in total. The van der Waals surface area contributed by atoms with E-state index in [0.717, 1.165) is 31.5 Å². The molecule has 2 aliphatic rings. The van der Waals surface area contributed by atoms with Crippen LogP contribution in [0.2, 0.25) is 0 Å². The van der Waals surface area contributed by atoms with Gasteiger partial charge in [0.1, 0.15) is 0 Å². The molecule has 0 bridgehead atoms. The van der Waals surface area contributed by atoms with E-state index in [1.165, 1.54) is 12.8 Å². The van der Waals surface area contributed by atoms with E-state index in [9.17, 15) is 9.59 Å². The predicted molar refractivity (Wildman–Crippen MR) is 74.4 cm³/mol. The van der Waals surface area contributed by atoms with Gasteiger partial charge in [0.15, 0.2) is 6.10 Å². The van der Waals surface area contributed by atoms with Crippen molar-refractivity contribution < 1.29 is 14.3 Å². The lowest BCUT2D eigenvalue weighted by Crippen LogP contribution is -2.44.